The topological polar surface area (TPSA) is 54.2 Å². The lowest BCUT2D eigenvalue weighted by atomic mass is 10.2. The number of nitrogens with zero attached hydrogens (tertiary/aromatic N) is 3. The van der Waals surface area contributed by atoms with E-state index in [1.165, 1.54) is 12.4 Å². The molecule has 0 spiro atoms. The molecular weight excluding hydrogens is 252 g/mol. The Morgan fingerprint density at radius 2 is 2.26 bits per heavy atom. The van der Waals surface area contributed by atoms with Crippen LogP contribution in [0.15, 0.2) is 29.5 Å². The second kappa shape index (κ2) is 6.31. The van der Waals surface area contributed by atoms with Gasteiger partial charge in [-0.3, -0.25) is 9.56 Å². The van der Waals surface area contributed by atoms with E-state index < -0.39 is 6.55 Å². The molecule has 0 aliphatic heterocycles. The van der Waals surface area contributed by atoms with Crippen LogP contribution in [0, 0.1) is 0 Å². The molecule has 0 atom stereocenters. The van der Waals surface area contributed by atoms with Gasteiger partial charge in [-0.25, -0.2) is 4.98 Å². The first-order chi connectivity index (χ1) is 9.20. The minimum absolute atomic E-state index is 0.206. The minimum atomic E-state index is -2.58. The van der Waals surface area contributed by atoms with E-state index in [-0.39, 0.29) is 12.4 Å². The van der Waals surface area contributed by atoms with E-state index in [2.05, 4.69) is 32.8 Å². The minimum Gasteiger partial charge on any atom is -0.353 e. The van der Waals surface area contributed by atoms with Crippen LogP contribution >= 0.6 is 0 Å². The molecule has 2 N–H and O–H groups in total. The fourth-order valence-corrected chi connectivity index (χ4v) is 1.94. The molecule has 104 valence electrons. The fourth-order valence-electron chi connectivity index (χ4n) is 1.94. The Bertz CT molecular complexity index is 458. The average molecular weight is 269 g/mol. The van der Waals surface area contributed by atoms with Crippen molar-refractivity contribution in [2.45, 2.75) is 32.0 Å². The van der Waals surface area contributed by atoms with Gasteiger partial charge in [0.2, 0.25) is 0 Å². The molecule has 0 saturated carbocycles. The maximum absolute atomic E-state index is 12.6. The lowest BCUT2D eigenvalue weighted by molar-refractivity contribution is 0.0668. The Balaban J connectivity index is 1.87. The normalized spacial score (nSPS) is 16.3. The zero-order valence-electron chi connectivity index (χ0n) is 10.7. The lowest BCUT2D eigenvalue weighted by Crippen LogP contribution is -2.42. The molecule has 0 aromatic carbocycles. The van der Waals surface area contributed by atoms with Gasteiger partial charge in [0.25, 0.3) is 0 Å². The van der Waals surface area contributed by atoms with Crippen molar-refractivity contribution in [2.75, 3.05) is 7.05 Å². The average Bonchev–Trinajstić information content (AvgIpc) is 3.05. The maximum atomic E-state index is 12.6. The Kier molecular flexibility index (Phi) is 4.48. The summed E-state index contributed by atoms with van der Waals surface area (Å²) in [4.78, 5) is 7.97. The third kappa shape index (κ3) is 3.52. The van der Waals surface area contributed by atoms with Gasteiger partial charge in [0.15, 0.2) is 5.96 Å². The van der Waals surface area contributed by atoms with Crippen LogP contribution in [-0.4, -0.2) is 28.6 Å². The highest BCUT2D eigenvalue weighted by molar-refractivity contribution is 5.79. The number of hydrogen-bond acceptors (Lipinski definition) is 2. The molecule has 1 aromatic heterocycles. The van der Waals surface area contributed by atoms with Gasteiger partial charge < -0.3 is 10.6 Å². The highest BCUT2D eigenvalue weighted by Crippen LogP contribution is 2.12. The van der Waals surface area contributed by atoms with Crippen molar-refractivity contribution >= 4 is 5.96 Å². The van der Waals surface area contributed by atoms with Crippen molar-refractivity contribution in [1.29, 1.82) is 0 Å². The summed E-state index contributed by atoms with van der Waals surface area (Å²) < 4.78 is 26.1. The molecule has 0 bridgehead atoms. The summed E-state index contributed by atoms with van der Waals surface area (Å²) in [7, 11) is 1.65. The largest absolute Gasteiger partial charge is 0.353 e. The second-order valence-corrected chi connectivity index (χ2v) is 4.24. The fraction of sp³-hybridized carbons (Fsp3) is 0.500. The predicted octanol–water partition coefficient (Wildman–Crippen LogP) is 1.66. The van der Waals surface area contributed by atoms with Crippen molar-refractivity contribution < 1.29 is 8.78 Å². The number of alkyl halides is 2. The molecule has 1 aliphatic carbocycles. The van der Waals surface area contributed by atoms with Crippen LogP contribution in [0.5, 0.6) is 0 Å². The number of nitrogens with one attached hydrogen (secondary N) is 2. The highest BCUT2D eigenvalue weighted by Gasteiger charge is 2.14. The van der Waals surface area contributed by atoms with E-state index >= 15 is 0 Å². The van der Waals surface area contributed by atoms with E-state index in [0.29, 0.717) is 12.0 Å². The molecule has 0 unspecified atom stereocenters. The molecule has 0 amide bonds. The van der Waals surface area contributed by atoms with Crippen molar-refractivity contribution in [3.05, 3.63) is 30.4 Å². The Labute approximate surface area is 110 Å². The number of rotatable bonds is 4. The second-order valence-electron chi connectivity index (χ2n) is 4.24. The summed E-state index contributed by atoms with van der Waals surface area (Å²) in [5.41, 5.74) is 0. The first-order valence-electron chi connectivity index (χ1n) is 6.12. The first kappa shape index (κ1) is 13.5. The SMILES string of the molecule is CN=C(NCc1nccn1C(F)F)NC1CC=CC1. The molecule has 5 nitrogen and oxygen atoms in total. The third-order valence-corrected chi connectivity index (χ3v) is 2.95. The molecule has 0 radical (unpaired) electrons. The van der Waals surface area contributed by atoms with Crippen molar-refractivity contribution in [3.8, 4) is 0 Å². The first-order valence-corrected chi connectivity index (χ1v) is 6.12. The summed E-state index contributed by atoms with van der Waals surface area (Å²) in [5, 5.41) is 6.22. The molecule has 1 aromatic rings. The van der Waals surface area contributed by atoms with Crippen LogP contribution in [0.4, 0.5) is 8.78 Å². The van der Waals surface area contributed by atoms with Crippen LogP contribution < -0.4 is 10.6 Å². The van der Waals surface area contributed by atoms with E-state index in [1.54, 1.807) is 7.05 Å². The smallest absolute Gasteiger partial charge is 0.319 e. The number of guanidine groups is 1. The van der Waals surface area contributed by atoms with E-state index in [4.69, 9.17) is 0 Å². The molecule has 7 heteroatoms. The van der Waals surface area contributed by atoms with Crippen LogP contribution in [0.1, 0.15) is 25.2 Å². The Hall–Kier alpha value is -1.92. The van der Waals surface area contributed by atoms with Crippen LogP contribution in [0.3, 0.4) is 0 Å². The molecule has 19 heavy (non-hydrogen) atoms. The number of hydrogen-bond donors (Lipinski definition) is 2. The van der Waals surface area contributed by atoms with Gasteiger partial charge in [0.1, 0.15) is 5.82 Å². The molecule has 1 aliphatic rings. The third-order valence-electron chi connectivity index (χ3n) is 2.95. The van der Waals surface area contributed by atoms with Crippen LogP contribution in [-0.2, 0) is 6.54 Å². The van der Waals surface area contributed by atoms with Crippen molar-refractivity contribution in [3.63, 3.8) is 0 Å². The van der Waals surface area contributed by atoms with E-state index in [1.807, 2.05) is 0 Å². The quantitative estimate of drug-likeness (QED) is 0.496. The van der Waals surface area contributed by atoms with E-state index in [0.717, 1.165) is 17.4 Å². The van der Waals surface area contributed by atoms with Gasteiger partial charge >= 0.3 is 6.55 Å². The van der Waals surface area contributed by atoms with Gasteiger partial charge in [-0.2, -0.15) is 8.78 Å². The molecule has 2 rings (SSSR count). The Morgan fingerprint density at radius 1 is 1.53 bits per heavy atom. The van der Waals surface area contributed by atoms with Gasteiger partial charge in [-0.15, -0.1) is 0 Å². The summed E-state index contributed by atoms with van der Waals surface area (Å²) in [6.07, 6.45) is 8.74. The number of imidazole rings is 1. The molecular formula is C12H17F2N5. The molecule has 0 fully saturated rings. The van der Waals surface area contributed by atoms with Gasteiger partial charge in [0.05, 0.1) is 6.54 Å². The van der Waals surface area contributed by atoms with Crippen LogP contribution in [0.2, 0.25) is 0 Å². The standard InChI is InChI=1S/C12H17F2N5/c1-15-12(18-9-4-2-3-5-9)17-8-10-16-6-7-19(10)11(13)14/h2-3,6-7,9,11H,4-5,8H2,1H3,(H2,15,17,18). The number of aliphatic imine (C=N–C) groups is 1. The summed E-state index contributed by atoms with van der Waals surface area (Å²) in [5.74, 6) is 0.875. The zero-order chi connectivity index (χ0) is 13.7. The van der Waals surface area contributed by atoms with E-state index in [9.17, 15) is 8.78 Å². The monoisotopic (exact) mass is 269 g/mol. The number of halogens is 2. The number of aromatic nitrogens is 2. The molecule has 1 heterocycles. The Morgan fingerprint density at radius 3 is 2.89 bits per heavy atom. The lowest BCUT2D eigenvalue weighted by Gasteiger charge is -2.17. The summed E-state index contributed by atoms with van der Waals surface area (Å²) in [6.45, 7) is -2.37. The summed E-state index contributed by atoms with van der Waals surface area (Å²) >= 11 is 0. The van der Waals surface area contributed by atoms with Crippen molar-refractivity contribution in [2.24, 2.45) is 4.99 Å². The summed E-state index contributed by atoms with van der Waals surface area (Å²) in [6, 6.07) is 0.320. The van der Waals surface area contributed by atoms with Gasteiger partial charge in [-0.05, 0) is 12.8 Å². The predicted molar refractivity (Wildman–Crippen MR) is 69.0 cm³/mol. The van der Waals surface area contributed by atoms with Gasteiger partial charge in [-0.1, -0.05) is 12.2 Å². The highest BCUT2D eigenvalue weighted by atomic mass is 19.3. The maximum Gasteiger partial charge on any atom is 0.319 e. The molecule has 0 saturated heterocycles. The van der Waals surface area contributed by atoms with Crippen LogP contribution in [0.25, 0.3) is 0 Å². The van der Waals surface area contributed by atoms with Gasteiger partial charge in [0, 0.05) is 25.5 Å². The van der Waals surface area contributed by atoms with Crippen molar-refractivity contribution in [1.82, 2.24) is 20.2 Å². The zero-order valence-corrected chi connectivity index (χ0v) is 10.7.